The minimum Gasteiger partial charge on any atom is -0.377 e. The Morgan fingerprint density at radius 2 is 1.76 bits per heavy atom. The van der Waals surface area contributed by atoms with Crippen LogP contribution < -0.4 is 5.32 Å². The fraction of sp³-hybridized carbons (Fsp3) is 0.905. The van der Waals surface area contributed by atoms with Gasteiger partial charge in [0.15, 0.2) is 5.96 Å². The predicted molar refractivity (Wildman–Crippen MR) is 126 cm³/mol. The first-order chi connectivity index (χ1) is 13.4. The molecule has 3 aliphatic heterocycles. The number of piperazine rings is 1. The molecule has 3 saturated heterocycles. The van der Waals surface area contributed by atoms with Crippen LogP contribution >= 0.6 is 24.0 Å². The number of nitrogens with zero attached hydrogens (tertiary/aromatic N) is 4. The van der Waals surface area contributed by atoms with Gasteiger partial charge < -0.3 is 19.9 Å². The summed E-state index contributed by atoms with van der Waals surface area (Å²) in [6.45, 7) is 13.1. The highest BCUT2D eigenvalue weighted by Gasteiger charge is 2.59. The van der Waals surface area contributed by atoms with E-state index in [0.717, 1.165) is 71.1 Å². The Morgan fingerprint density at radius 3 is 2.38 bits per heavy atom. The van der Waals surface area contributed by atoms with Gasteiger partial charge in [-0.1, -0.05) is 13.8 Å². The molecular weight excluding hydrogens is 481 g/mol. The van der Waals surface area contributed by atoms with Crippen molar-refractivity contribution in [2.24, 2.45) is 16.3 Å². The van der Waals surface area contributed by atoms with Crippen LogP contribution in [0.5, 0.6) is 0 Å². The van der Waals surface area contributed by atoms with Crippen LogP contribution in [0.2, 0.25) is 0 Å². The van der Waals surface area contributed by atoms with Crippen molar-refractivity contribution in [1.82, 2.24) is 20.0 Å². The summed E-state index contributed by atoms with van der Waals surface area (Å²) >= 11 is 0. The lowest BCUT2D eigenvalue weighted by Gasteiger charge is -2.55. The van der Waals surface area contributed by atoms with Crippen LogP contribution in [-0.4, -0.2) is 97.7 Å². The Hall–Kier alpha value is -0.610. The topological polar surface area (TPSA) is 60.4 Å². The lowest BCUT2D eigenvalue weighted by atomic mass is 9.57. The molecule has 0 aromatic rings. The Labute approximate surface area is 192 Å². The molecule has 8 heteroatoms. The fourth-order valence-electron chi connectivity index (χ4n) is 5.73. The molecule has 7 nitrogen and oxygen atoms in total. The first kappa shape index (κ1) is 23.1. The van der Waals surface area contributed by atoms with E-state index in [4.69, 9.17) is 4.74 Å². The van der Waals surface area contributed by atoms with Crippen LogP contribution in [0.25, 0.3) is 0 Å². The number of rotatable bonds is 3. The van der Waals surface area contributed by atoms with E-state index in [9.17, 15) is 4.79 Å². The van der Waals surface area contributed by atoms with Gasteiger partial charge >= 0.3 is 0 Å². The predicted octanol–water partition coefficient (Wildman–Crippen LogP) is 1.62. The molecule has 29 heavy (non-hydrogen) atoms. The number of nitrogens with one attached hydrogen (secondary N) is 1. The number of likely N-dealkylation sites (tertiary alicyclic amines) is 1. The van der Waals surface area contributed by atoms with Gasteiger partial charge in [0.25, 0.3) is 0 Å². The molecule has 0 spiro atoms. The molecule has 4 unspecified atom stereocenters. The van der Waals surface area contributed by atoms with Gasteiger partial charge in [-0.25, -0.2) is 0 Å². The van der Waals surface area contributed by atoms with Gasteiger partial charge in [0, 0.05) is 70.3 Å². The van der Waals surface area contributed by atoms with E-state index in [1.54, 1.807) is 0 Å². The molecule has 1 amide bonds. The number of fused-ring (bicyclic) bond motifs is 1. The highest BCUT2D eigenvalue weighted by molar-refractivity contribution is 14.0. The van der Waals surface area contributed by atoms with E-state index in [2.05, 4.69) is 40.9 Å². The Morgan fingerprint density at radius 1 is 1.10 bits per heavy atom. The first-order valence-corrected chi connectivity index (χ1v) is 11.1. The average Bonchev–Trinajstić information content (AvgIpc) is 3.39. The van der Waals surface area contributed by atoms with E-state index in [-0.39, 0.29) is 35.4 Å². The van der Waals surface area contributed by atoms with Crippen LogP contribution in [0.15, 0.2) is 4.99 Å². The van der Waals surface area contributed by atoms with Crippen LogP contribution in [0.4, 0.5) is 0 Å². The van der Waals surface area contributed by atoms with Crippen LogP contribution in [0, 0.1) is 11.3 Å². The summed E-state index contributed by atoms with van der Waals surface area (Å²) in [5.74, 6) is 1.91. The van der Waals surface area contributed by atoms with Crippen molar-refractivity contribution in [3.05, 3.63) is 0 Å². The van der Waals surface area contributed by atoms with Gasteiger partial charge in [0.1, 0.15) is 0 Å². The van der Waals surface area contributed by atoms with Crippen molar-refractivity contribution < 1.29 is 9.53 Å². The smallest absolute Gasteiger partial charge is 0.239 e. The van der Waals surface area contributed by atoms with E-state index < -0.39 is 0 Å². The molecule has 4 rings (SSSR count). The molecule has 4 aliphatic rings. The van der Waals surface area contributed by atoms with Crippen molar-refractivity contribution >= 4 is 35.8 Å². The van der Waals surface area contributed by atoms with E-state index in [1.807, 2.05) is 11.9 Å². The maximum Gasteiger partial charge on any atom is 0.239 e. The zero-order valence-electron chi connectivity index (χ0n) is 18.4. The molecule has 166 valence electrons. The molecule has 1 aliphatic carbocycles. The summed E-state index contributed by atoms with van der Waals surface area (Å²) in [5.41, 5.74) is 0.148. The Bertz CT molecular complexity index is 614. The molecule has 4 fully saturated rings. The standard InChI is InChI=1S/C21H37N5O2.HI/c1-15(19(27)25-8-5-6-9-25)24-10-12-26(13-11-24)20(22-4)23-17-16-7-14-28-18(16)21(17,2)3;/h15-18H,5-14H2,1-4H3,(H,22,23);1H. The first-order valence-electron chi connectivity index (χ1n) is 11.1. The maximum atomic E-state index is 12.7. The van der Waals surface area contributed by atoms with Gasteiger partial charge in [-0.15, -0.1) is 24.0 Å². The molecule has 0 bridgehead atoms. The number of halogens is 1. The summed E-state index contributed by atoms with van der Waals surface area (Å²) in [6.07, 6.45) is 3.83. The maximum absolute atomic E-state index is 12.7. The number of aliphatic imine (C=N–C) groups is 1. The number of hydrogen-bond acceptors (Lipinski definition) is 4. The van der Waals surface area contributed by atoms with Crippen molar-refractivity contribution in [3.63, 3.8) is 0 Å². The lowest BCUT2D eigenvalue weighted by molar-refractivity contribution is -0.135. The third-order valence-corrected chi connectivity index (χ3v) is 7.53. The van der Waals surface area contributed by atoms with E-state index >= 15 is 0 Å². The second-order valence-electron chi connectivity index (χ2n) is 9.47. The summed E-state index contributed by atoms with van der Waals surface area (Å²) in [5, 5.41) is 3.75. The highest BCUT2D eigenvalue weighted by Crippen LogP contribution is 2.52. The highest BCUT2D eigenvalue weighted by atomic mass is 127. The summed E-state index contributed by atoms with van der Waals surface area (Å²) in [6, 6.07) is 0.407. The minimum absolute atomic E-state index is 0. The third kappa shape index (κ3) is 4.26. The third-order valence-electron chi connectivity index (χ3n) is 7.53. The Kier molecular flexibility index (Phi) is 7.36. The molecule has 0 radical (unpaired) electrons. The summed E-state index contributed by atoms with van der Waals surface area (Å²) in [4.78, 5) is 24.0. The number of guanidine groups is 1. The second kappa shape index (κ2) is 9.26. The van der Waals surface area contributed by atoms with E-state index in [0.29, 0.717) is 24.0 Å². The second-order valence-corrected chi connectivity index (χ2v) is 9.47. The van der Waals surface area contributed by atoms with Gasteiger partial charge in [-0.3, -0.25) is 14.7 Å². The Balaban J connectivity index is 0.00000240. The van der Waals surface area contributed by atoms with Crippen molar-refractivity contribution in [2.75, 3.05) is 52.9 Å². The zero-order chi connectivity index (χ0) is 19.9. The molecular formula is C21H38IN5O2. The van der Waals surface area contributed by atoms with Gasteiger partial charge in [-0.2, -0.15) is 0 Å². The summed E-state index contributed by atoms with van der Waals surface area (Å²) in [7, 11) is 1.88. The fourth-order valence-corrected chi connectivity index (χ4v) is 5.73. The number of carbonyl (C=O) groups excluding carboxylic acids is 1. The zero-order valence-corrected chi connectivity index (χ0v) is 20.7. The van der Waals surface area contributed by atoms with Crippen LogP contribution in [0.1, 0.15) is 40.0 Å². The summed E-state index contributed by atoms with van der Waals surface area (Å²) < 4.78 is 5.93. The van der Waals surface area contributed by atoms with Gasteiger partial charge in [0.2, 0.25) is 5.91 Å². The monoisotopic (exact) mass is 519 g/mol. The quantitative estimate of drug-likeness (QED) is 0.349. The van der Waals surface area contributed by atoms with E-state index in [1.165, 1.54) is 0 Å². The molecule has 0 aromatic heterocycles. The number of amides is 1. The van der Waals surface area contributed by atoms with Gasteiger partial charge in [-0.05, 0) is 26.2 Å². The van der Waals surface area contributed by atoms with Gasteiger partial charge in [0.05, 0.1) is 12.1 Å². The number of ether oxygens (including phenoxy) is 1. The molecule has 4 atom stereocenters. The molecule has 0 aromatic carbocycles. The lowest BCUT2D eigenvalue weighted by Crippen LogP contribution is -2.69. The average molecular weight is 519 g/mol. The number of hydrogen-bond donors (Lipinski definition) is 1. The van der Waals surface area contributed by atoms with Crippen LogP contribution in [-0.2, 0) is 9.53 Å². The SMILES string of the molecule is CN=C(NC1C2CCOC2C1(C)C)N1CCN(C(C)C(=O)N2CCCC2)CC1.I. The van der Waals surface area contributed by atoms with Crippen LogP contribution in [0.3, 0.4) is 0 Å². The molecule has 1 saturated carbocycles. The van der Waals surface area contributed by atoms with Crippen molar-refractivity contribution in [1.29, 1.82) is 0 Å². The number of carbonyl (C=O) groups is 1. The van der Waals surface area contributed by atoms with Crippen molar-refractivity contribution in [3.8, 4) is 0 Å². The normalized spacial score (nSPS) is 33.0. The largest absolute Gasteiger partial charge is 0.377 e. The molecule has 3 heterocycles. The minimum atomic E-state index is -0.0165. The van der Waals surface area contributed by atoms with Crippen molar-refractivity contribution in [2.45, 2.75) is 58.2 Å². The molecule has 1 N–H and O–H groups in total.